The van der Waals surface area contributed by atoms with Gasteiger partial charge in [-0.15, -0.1) is 0 Å². The molecule has 1 aromatic carbocycles. The SMILES string of the molecule is N#Cc1ccccc1CNc1ccc(N2CCCC2)nc1. The summed E-state index contributed by atoms with van der Waals surface area (Å²) in [5, 5.41) is 12.4. The van der Waals surface area contributed by atoms with E-state index in [4.69, 9.17) is 5.26 Å². The molecule has 0 amide bonds. The first-order chi connectivity index (χ1) is 10.4. The van der Waals surface area contributed by atoms with Crippen molar-refractivity contribution in [1.29, 1.82) is 5.26 Å². The quantitative estimate of drug-likeness (QED) is 0.933. The van der Waals surface area contributed by atoms with E-state index in [1.807, 2.05) is 30.5 Å². The molecule has 0 saturated carbocycles. The van der Waals surface area contributed by atoms with Gasteiger partial charge in [-0.05, 0) is 36.6 Å². The number of benzene rings is 1. The summed E-state index contributed by atoms with van der Waals surface area (Å²) in [6.45, 7) is 2.85. The van der Waals surface area contributed by atoms with Gasteiger partial charge in [-0.2, -0.15) is 5.26 Å². The molecule has 0 bridgehead atoms. The molecule has 1 fully saturated rings. The molecule has 1 N–H and O–H groups in total. The van der Waals surface area contributed by atoms with Gasteiger partial charge in [-0.3, -0.25) is 0 Å². The normalized spacial score (nSPS) is 14.0. The lowest BCUT2D eigenvalue weighted by atomic mass is 10.1. The monoisotopic (exact) mass is 278 g/mol. The Kier molecular flexibility index (Phi) is 4.02. The highest BCUT2D eigenvalue weighted by atomic mass is 15.2. The van der Waals surface area contributed by atoms with E-state index in [1.165, 1.54) is 12.8 Å². The summed E-state index contributed by atoms with van der Waals surface area (Å²) in [4.78, 5) is 6.83. The van der Waals surface area contributed by atoms with E-state index in [0.717, 1.165) is 30.2 Å². The molecule has 2 heterocycles. The van der Waals surface area contributed by atoms with Crippen molar-refractivity contribution < 1.29 is 0 Å². The van der Waals surface area contributed by atoms with Crippen LogP contribution in [0.5, 0.6) is 0 Å². The van der Waals surface area contributed by atoms with Crippen molar-refractivity contribution in [3.05, 3.63) is 53.7 Å². The van der Waals surface area contributed by atoms with Gasteiger partial charge in [0.2, 0.25) is 0 Å². The van der Waals surface area contributed by atoms with Gasteiger partial charge in [0.1, 0.15) is 5.82 Å². The number of pyridine rings is 1. The van der Waals surface area contributed by atoms with Crippen LogP contribution in [-0.2, 0) is 6.54 Å². The van der Waals surface area contributed by atoms with Crippen molar-refractivity contribution in [2.75, 3.05) is 23.3 Å². The highest BCUT2D eigenvalue weighted by molar-refractivity contribution is 5.50. The molecule has 4 nitrogen and oxygen atoms in total. The second kappa shape index (κ2) is 6.27. The number of nitrogens with zero attached hydrogens (tertiary/aromatic N) is 3. The highest BCUT2D eigenvalue weighted by Crippen LogP contribution is 2.19. The minimum Gasteiger partial charge on any atom is -0.380 e. The maximum atomic E-state index is 9.08. The number of hydrogen-bond donors (Lipinski definition) is 1. The van der Waals surface area contributed by atoms with Crippen LogP contribution in [0.4, 0.5) is 11.5 Å². The van der Waals surface area contributed by atoms with Crippen molar-refractivity contribution in [3.8, 4) is 6.07 Å². The largest absolute Gasteiger partial charge is 0.380 e. The number of nitriles is 1. The summed E-state index contributed by atoms with van der Waals surface area (Å²) in [6.07, 6.45) is 4.38. The molecule has 106 valence electrons. The van der Waals surface area contributed by atoms with Crippen LogP contribution < -0.4 is 10.2 Å². The van der Waals surface area contributed by atoms with Gasteiger partial charge in [-0.1, -0.05) is 18.2 Å². The van der Waals surface area contributed by atoms with E-state index in [0.29, 0.717) is 12.1 Å². The van der Waals surface area contributed by atoms with Gasteiger partial charge in [0.05, 0.1) is 23.5 Å². The van der Waals surface area contributed by atoms with Crippen LogP contribution in [0, 0.1) is 11.3 Å². The first-order valence-electron chi connectivity index (χ1n) is 7.30. The Morgan fingerprint density at radius 1 is 1.14 bits per heavy atom. The topological polar surface area (TPSA) is 52.0 Å². The molecule has 4 heteroatoms. The second-order valence-corrected chi connectivity index (χ2v) is 5.22. The van der Waals surface area contributed by atoms with Crippen LogP contribution in [0.15, 0.2) is 42.6 Å². The molecule has 1 aliphatic heterocycles. The third kappa shape index (κ3) is 3.14. The van der Waals surface area contributed by atoms with Gasteiger partial charge < -0.3 is 10.2 Å². The third-order valence-electron chi connectivity index (χ3n) is 3.80. The van der Waals surface area contributed by atoms with Crippen LogP contribution in [-0.4, -0.2) is 18.1 Å². The summed E-state index contributed by atoms with van der Waals surface area (Å²) in [6, 6.07) is 14.0. The van der Waals surface area contributed by atoms with Gasteiger partial charge >= 0.3 is 0 Å². The zero-order valence-electron chi connectivity index (χ0n) is 11.9. The molecular weight excluding hydrogens is 260 g/mol. The molecular formula is C17H18N4. The average molecular weight is 278 g/mol. The Bertz CT molecular complexity index is 637. The van der Waals surface area contributed by atoms with Crippen molar-refractivity contribution >= 4 is 11.5 Å². The molecule has 0 atom stereocenters. The standard InChI is InChI=1S/C17H18N4/c18-11-14-5-1-2-6-15(14)12-19-16-7-8-17(20-13-16)21-9-3-4-10-21/h1-2,5-8,13,19H,3-4,9-10,12H2. The lowest BCUT2D eigenvalue weighted by Crippen LogP contribution is -2.18. The Labute approximate surface area is 125 Å². The first-order valence-corrected chi connectivity index (χ1v) is 7.30. The predicted octanol–water partition coefficient (Wildman–Crippen LogP) is 3.17. The Morgan fingerprint density at radius 3 is 2.67 bits per heavy atom. The van der Waals surface area contributed by atoms with Crippen molar-refractivity contribution in [3.63, 3.8) is 0 Å². The molecule has 0 unspecified atom stereocenters. The second-order valence-electron chi connectivity index (χ2n) is 5.22. The number of nitrogens with one attached hydrogen (secondary N) is 1. The predicted molar refractivity (Wildman–Crippen MR) is 84.2 cm³/mol. The van der Waals surface area contributed by atoms with Crippen LogP contribution in [0.2, 0.25) is 0 Å². The van der Waals surface area contributed by atoms with E-state index in [9.17, 15) is 0 Å². The lowest BCUT2D eigenvalue weighted by molar-refractivity contribution is 0.937. The Morgan fingerprint density at radius 2 is 1.95 bits per heavy atom. The molecule has 3 rings (SSSR count). The smallest absolute Gasteiger partial charge is 0.128 e. The fourth-order valence-corrected chi connectivity index (χ4v) is 2.60. The molecule has 2 aromatic rings. The number of aromatic nitrogens is 1. The van der Waals surface area contributed by atoms with E-state index in [1.54, 1.807) is 0 Å². The maximum absolute atomic E-state index is 9.08. The van der Waals surface area contributed by atoms with Crippen molar-refractivity contribution in [1.82, 2.24) is 4.98 Å². The fraction of sp³-hybridized carbons (Fsp3) is 0.294. The maximum Gasteiger partial charge on any atom is 0.128 e. The van der Waals surface area contributed by atoms with Crippen molar-refractivity contribution in [2.24, 2.45) is 0 Å². The third-order valence-corrected chi connectivity index (χ3v) is 3.80. The molecule has 21 heavy (non-hydrogen) atoms. The molecule has 0 spiro atoms. The summed E-state index contributed by atoms with van der Waals surface area (Å²) in [7, 11) is 0. The lowest BCUT2D eigenvalue weighted by Gasteiger charge is -2.16. The van der Waals surface area contributed by atoms with E-state index >= 15 is 0 Å². The Hall–Kier alpha value is -2.54. The first kappa shape index (κ1) is 13.4. The zero-order chi connectivity index (χ0) is 14.5. The van der Waals surface area contributed by atoms with Gasteiger partial charge in [-0.25, -0.2) is 4.98 Å². The summed E-state index contributed by atoms with van der Waals surface area (Å²) in [5.41, 5.74) is 2.70. The molecule has 1 saturated heterocycles. The van der Waals surface area contributed by atoms with Crippen molar-refractivity contribution in [2.45, 2.75) is 19.4 Å². The average Bonchev–Trinajstić information content (AvgIpc) is 3.08. The van der Waals surface area contributed by atoms with Gasteiger partial charge in [0.25, 0.3) is 0 Å². The van der Waals surface area contributed by atoms with E-state index in [2.05, 4.69) is 33.4 Å². The molecule has 0 radical (unpaired) electrons. The summed E-state index contributed by atoms with van der Waals surface area (Å²) in [5.74, 6) is 1.05. The Balaban J connectivity index is 1.64. The zero-order valence-corrected chi connectivity index (χ0v) is 11.9. The number of hydrogen-bond acceptors (Lipinski definition) is 4. The van der Waals surface area contributed by atoms with Crippen LogP contribution >= 0.6 is 0 Å². The minimum atomic E-state index is 0.633. The molecule has 1 aromatic heterocycles. The van der Waals surface area contributed by atoms with Crippen LogP contribution in [0.3, 0.4) is 0 Å². The van der Waals surface area contributed by atoms with Gasteiger partial charge in [0, 0.05) is 19.6 Å². The summed E-state index contributed by atoms with van der Waals surface area (Å²) < 4.78 is 0. The van der Waals surface area contributed by atoms with Crippen LogP contribution in [0.1, 0.15) is 24.0 Å². The van der Waals surface area contributed by atoms with E-state index < -0.39 is 0 Å². The number of anilines is 2. The number of rotatable bonds is 4. The molecule has 1 aliphatic rings. The molecule has 0 aliphatic carbocycles. The van der Waals surface area contributed by atoms with E-state index in [-0.39, 0.29) is 0 Å². The fourth-order valence-electron chi connectivity index (χ4n) is 2.60. The van der Waals surface area contributed by atoms with Crippen LogP contribution in [0.25, 0.3) is 0 Å². The highest BCUT2D eigenvalue weighted by Gasteiger charge is 2.12. The summed E-state index contributed by atoms with van der Waals surface area (Å²) >= 11 is 0. The minimum absolute atomic E-state index is 0.633. The van der Waals surface area contributed by atoms with Gasteiger partial charge in [0.15, 0.2) is 0 Å².